The van der Waals surface area contributed by atoms with E-state index in [0.717, 1.165) is 30.6 Å². The van der Waals surface area contributed by atoms with Crippen LogP contribution in [0.1, 0.15) is 57.1 Å². The molecule has 0 aliphatic heterocycles. The molecule has 1 N–H and O–H groups in total. The van der Waals surface area contributed by atoms with Crippen LogP contribution in [0.25, 0.3) is 0 Å². The second-order valence-electron chi connectivity index (χ2n) is 6.42. The Kier molecular flexibility index (Phi) is 15.1. The van der Waals surface area contributed by atoms with Crippen LogP contribution in [-0.4, -0.2) is 32.1 Å². The van der Waals surface area contributed by atoms with Crippen LogP contribution in [0.5, 0.6) is 0 Å². The van der Waals surface area contributed by atoms with Crippen LogP contribution in [0.4, 0.5) is 5.69 Å². The molecule has 1 unspecified atom stereocenters. The summed E-state index contributed by atoms with van der Waals surface area (Å²) < 4.78 is 25.6. The summed E-state index contributed by atoms with van der Waals surface area (Å²) in [6, 6.07) is 7.21. The van der Waals surface area contributed by atoms with E-state index < -0.39 is 16.1 Å². The predicted molar refractivity (Wildman–Crippen MR) is 114 cm³/mol. The van der Waals surface area contributed by atoms with Gasteiger partial charge in [-0.25, -0.2) is 8.42 Å². The van der Waals surface area contributed by atoms with Gasteiger partial charge in [0.15, 0.2) is 0 Å². The van der Waals surface area contributed by atoms with E-state index in [1.165, 1.54) is 35.2 Å². The van der Waals surface area contributed by atoms with Crippen molar-refractivity contribution in [1.29, 1.82) is 0 Å². The van der Waals surface area contributed by atoms with E-state index in [2.05, 4.69) is 13.2 Å². The Bertz CT molecular complexity index is 633. The fraction of sp³-hybridized carbons (Fsp3) is 0.550. The van der Waals surface area contributed by atoms with Crippen molar-refractivity contribution in [2.45, 2.75) is 51.6 Å². The summed E-state index contributed by atoms with van der Waals surface area (Å²) in [5, 5.41) is 10.3. The van der Waals surface area contributed by atoms with E-state index in [4.69, 9.17) is 0 Å². The van der Waals surface area contributed by atoms with Crippen molar-refractivity contribution in [2.75, 3.05) is 22.9 Å². The van der Waals surface area contributed by atoms with Crippen molar-refractivity contribution < 1.29 is 46.2 Å². The third-order valence-electron chi connectivity index (χ3n) is 4.18. The Balaban J connectivity index is 0.00000676. The molecule has 0 fully saturated rings. The molecule has 1 radical (unpaired) electrons. The van der Waals surface area contributed by atoms with Crippen molar-refractivity contribution in [3.63, 3.8) is 0 Å². The number of aliphatic hydroxyl groups excluding tert-OH is 1. The Morgan fingerprint density at radius 1 is 1.19 bits per heavy atom. The molecule has 1 aromatic rings. The first-order valence-electron chi connectivity index (χ1n) is 9.17. The topological polar surface area (TPSA) is 57.6 Å². The first kappa shape index (κ1) is 27.1. The number of anilines is 1. The van der Waals surface area contributed by atoms with Crippen LogP contribution in [0.2, 0.25) is 0 Å². The van der Waals surface area contributed by atoms with Crippen molar-refractivity contribution >= 4 is 27.5 Å². The monoisotopic (exact) mass is 487 g/mol. The van der Waals surface area contributed by atoms with E-state index >= 15 is 0 Å². The maximum absolute atomic E-state index is 12.1. The minimum atomic E-state index is -3.34. The number of hydrogen-bond acceptors (Lipinski definition) is 4. The van der Waals surface area contributed by atoms with E-state index in [9.17, 15) is 13.5 Å². The van der Waals surface area contributed by atoms with Crippen LogP contribution in [0.15, 0.2) is 36.4 Å². The molecule has 0 aliphatic rings. The fourth-order valence-electron chi connectivity index (χ4n) is 2.73. The zero-order valence-corrected chi connectivity index (χ0v) is 21.0. The smallest absolute Gasteiger partial charge is 0.232 e. The SMILES string of the molecule is [CH2-]SC/C=C\CCN(c1ccc(C(O)CCCCCC)cc1)S(C)(=O)=O.[Y]. The van der Waals surface area contributed by atoms with Gasteiger partial charge in [-0.1, -0.05) is 56.9 Å². The Labute approximate surface area is 195 Å². The first-order valence-corrected chi connectivity index (χ1v) is 12.2. The maximum Gasteiger partial charge on any atom is 0.232 e. The average Bonchev–Trinajstić information content (AvgIpc) is 2.61. The standard InChI is InChI=1S/C20H32NO3S2.Y/c1-4-5-6-8-11-20(22)18-12-14-19(15-13-18)21(26(3,23)24)16-9-7-10-17-25-2;/h7,10,12-15,20,22H,2,4-6,8-9,11,16-17H2,1,3H3;/q-1;/b10-7-;. The maximum atomic E-state index is 12.1. The summed E-state index contributed by atoms with van der Waals surface area (Å²) in [4.78, 5) is 0. The van der Waals surface area contributed by atoms with Crippen molar-refractivity contribution in [1.82, 2.24) is 0 Å². The Hall–Kier alpha value is 0.124. The second kappa shape index (κ2) is 15.0. The molecular formula is C20H32NO3S2Y-. The largest absolute Gasteiger partial charge is 0.388 e. The third-order valence-corrected chi connectivity index (χ3v) is 5.80. The first-order chi connectivity index (χ1) is 12.4. The number of thioether (sulfide) groups is 1. The molecule has 151 valence electrons. The van der Waals surface area contributed by atoms with Crippen LogP contribution in [0.3, 0.4) is 0 Å². The van der Waals surface area contributed by atoms with Gasteiger partial charge in [-0.3, -0.25) is 10.6 Å². The Morgan fingerprint density at radius 3 is 2.41 bits per heavy atom. The summed E-state index contributed by atoms with van der Waals surface area (Å²) in [6.45, 7) is 2.56. The van der Waals surface area contributed by atoms with Crippen LogP contribution < -0.4 is 4.31 Å². The van der Waals surface area contributed by atoms with Gasteiger partial charge in [-0.2, -0.15) is 0 Å². The molecule has 1 atom stereocenters. The number of sulfonamides is 1. The molecule has 0 aromatic heterocycles. The van der Waals surface area contributed by atoms with E-state index in [1.54, 1.807) is 12.1 Å². The molecule has 0 spiro atoms. The van der Waals surface area contributed by atoms with Gasteiger partial charge in [-0.15, -0.1) is 0 Å². The van der Waals surface area contributed by atoms with Crippen LogP contribution in [0, 0.1) is 6.26 Å². The molecule has 4 nitrogen and oxygen atoms in total. The summed E-state index contributed by atoms with van der Waals surface area (Å²) in [5.74, 6) is 0.823. The van der Waals surface area contributed by atoms with Gasteiger partial charge in [-0.05, 0) is 36.3 Å². The van der Waals surface area contributed by atoms with Crippen molar-refractivity contribution in [2.24, 2.45) is 0 Å². The number of rotatable bonds is 13. The zero-order valence-electron chi connectivity index (χ0n) is 16.5. The summed E-state index contributed by atoms with van der Waals surface area (Å²) in [6.07, 6.45) is 14.3. The van der Waals surface area contributed by atoms with Crippen LogP contribution >= 0.6 is 11.8 Å². The second-order valence-corrected chi connectivity index (χ2v) is 9.07. The molecule has 1 rings (SSSR count). The molecule has 7 heteroatoms. The van der Waals surface area contributed by atoms with Gasteiger partial charge in [0.05, 0.1) is 18.0 Å². The number of aliphatic hydroxyl groups is 1. The third kappa shape index (κ3) is 11.0. The molecule has 0 bridgehead atoms. The van der Waals surface area contributed by atoms with Gasteiger partial charge in [0.25, 0.3) is 0 Å². The quantitative estimate of drug-likeness (QED) is 0.244. The molecule has 0 saturated carbocycles. The molecule has 1 aromatic carbocycles. The molecule has 0 aliphatic carbocycles. The van der Waals surface area contributed by atoms with Gasteiger partial charge < -0.3 is 16.9 Å². The predicted octanol–water partition coefficient (Wildman–Crippen LogP) is 4.92. The number of nitrogens with zero attached hydrogens (tertiary/aromatic N) is 1. The molecular weight excluding hydrogens is 455 g/mol. The van der Waals surface area contributed by atoms with E-state index in [0.29, 0.717) is 18.7 Å². The zero-order chi connectivity index (χ0) is 19.4. The summed E-state index contributed by atoms with van der Waals surface area (Å²) in [7, 11) is -3.34. The van der Waals surface area contributed by atoms with Crippen LogP contribution in [-0.2, 0) is 42.7 Å². The normalized spacial score (nSPS) is 12.7. The summed E-state index contributed by atoms with van der Waals surface area (Å²) >= 11 is 1.48. The number of hydrogen-bond donors (Lipinski definition) is 1. The number of unbranched alkanes of at least 4 members (excludes halogenated alkanes) is 3. The number of benzene rings is 1. The molecule has 27 heavy (non-hydrogen) atoms. The van der Waals surface area contributed by atoms with Crippen molar-refractivity contribution in [3.05, 3.63) is 48.2 Å². The minimum absolute atomic E-state index is 0. The Morgan fingerprint density at radius 2 is 1.85 bits per heavy atom. The molecule has 0 amide bonds. The minimum Gasteiger partial charge on any atom is -0.388 e. The van der Waals surface area contributed by atoms with Gasteiger partial charge in [0.1, 0.15) is 0 Å². The average molecular weight is 488 g/mol. The van der Waals surface area contributed by atoms with Gasteiger partial charge in [0.2, 0.25) is 10.0 Å². The summed E-state index contributed by atoms with van der Waals surface area (Å²) in [5.41, 5.74) is 1.47. The van der Waals surface area contributed by atoms with Crippen molar-refractivity contribution in [3.8, 4) is 0 Å². The van der Waals surface area contributed by atoms with E-state index in [1.807, 2.05) is 24.3 Å². The molecule has 0 heterocycles. The van der Waals surface area contributed by atoms with Gasteiger partial charge in [0, 0.05) is 39.3 Å². The molecule has 0 saturated heterocycles. The fourth-order valence-corrected chi connectivity index (χ4v) is 3.94. The van der Waals surface area contributed by atoms with E-state index in [-0.39, 0.29) is 32.7 Å². The van der Waals surface area contributed by atoms with Gasteiger partial charge >= 0.3 is 0 Å².